The maximum Gasteiger partial charge on any atom is 0.209 e. The minimum Gasteiger partial charge on any atom is -0.368 e. The van der Waals surface area contributed by atoms with Gasteiger partial charge < -0.3 is 20.0 Å². The van der Waals surface area contributed by atoms with Gasteiger partial charge in [-0.25, -0.2) is 9.97 Å². The van der Waals surface area contributed by atoms with Gasteiger partial charge in [0.25, 0.3) is 0 Å². The summed E-state index contributed by atoms with van der Waals surface area (Å²) < 4.78 is 10.8. The van der Waals surface area contributed by atoms with E-state index in [1.807, 2.05) is 23.7 Å². The van der Waals surface area contributed by atoms with E-state index in [1.54, 1.807) is 19.7 Å². The molecule has 7 nitrogen and oxygen atoms in total. The van der Waals surface area contributed by atoms with Crippen LogP contribution in [-0.2, 0) is 4.79 Å². The summed E-state index contributed by atoms with van der Waals surface area (Å²) in [6.07, 6.45) is 10.1. The average molecular weight is 515 g/mol. The second-order valence-electron chi connectivity index (χ2n) is 9.50. The highest BCUT2D eigenvalue weighted by Gasteiger charge is 2.23. The lowest BCUT2D eigenvalue weighted by Crippen LogP contribution is -2.44. The van der Waals surface area contributed by atoms with Gasteiger partial charge in [-0.05, 0) is 56.5 Å². The van der Waals surface area contributed by atoms with Crippen LogP contribution in [0.5, 0.6) is 0 Å². The van der Waals surface area contributed by atoms with Crippen molar-refractivity contribution in [2.24, 2.45) is 0 Å². The van der Waals surface area contributed by atoms with E-state index in [-0.39, 0.29) is 0 Å². The number of nitrogens with one attached hydrogen (secondary N) is 1. The average Bonchev–Trinajstić information content (AvgIpc) is 3.53. The number of hydrogen-bond donors (Lipinski definition) is 1. The summed E-state index contributed by atoms with van der Waals surface area (Å²) in [5, 5.41) is 4.80. The van der Waals surface area contributed by atoms with Gasteiger partial charge in [0.05, 0.1) is 23.8 Å². The summed E-state index contributed by atoms with van der Waals surface area (Å²) >= 11 is 1.88. The van der Waals surface area contributed by atoms with Gasteiger partial charge in [0.15, 0.2) is 0 Å². The number of halogens is 1. The van der Waals surface area contributed by atoms with Crippen molar-refractivity contribution in [3.63, 3.8) is 0 Å². The molecule has 1 aliphatic heterocycles. The lowest BCUT2D eigenvalue weighted by atomic mass is 9.95. The summed E-state index contributed by atoms with van der Waals surface area (Å²) in [6.45, 7) is 6.60. The number of hydrogen-bond acceptors (Lipinski definition) is 7. The third-order valence-corrected chi connectivity index (χ3v) is 7.72. The molecule has 1 N–H and O–H groups in total. The van der Waals surface area contributed by atoms with Crippen molar-refractivity contribution in [1.82, 2.24) is 19.8 Å². The Balaban J connectivity index is 0.000000463. The van der Waals surface area contributed by atoms with E-state index in [2.05, 4.69) is 57.3 Å². The molecular weight excluding hydrogens is 475 g/mol. The van der Waals surface area contributed by atoms with Crippen molar-refractivity contribution < 1.29 is 9.18 Å². The van der Waals surface area contributed by atoms with E-state index in [0.717, 1.165) is 50.1 Å². The number of aryl methyl sites for hydroxylation is 1. The Kier molecular flexibility index (Phi) is 10.4. The molecule has 5 rings (SSSR count). The molecule has 0 atom stereocenters. The van der Waals surface area contributed by atoms with Gasteiger partial charge in [-0.1, -0.05) is 12.8 Å². The van der Waals surface area contributed by atoms with Crippen LogP contribution in [0.4, 0.5) is 21.7 Å². The quantitative estimate of drug-likeness (QED) is 0.457. The molecule has 4 heterocycles. The number of amides is 1. The van der Waals surface area contributed by atoms with Crippen LogP contribution in [-0.4, -0.2) is 80.7 Å². The number of fused-ring (bicyclic) bond motifs is 1. The number of carbonyl (C=O) groups excluding carboxylic acids is 1. The topological polar surface area (TPSA) is 64.6 Å². The summed E-state index contributed by atoms with van der Waals surface area (Å²) in [6, 6.07) is 6.46. The lowest BCUT2D eigenvalue weighted by Gasteiger charge is -2.33. The van der Waals surface area contributed by atoms with E-state index in [0.29, 0.717) is 7.18 Å². The zero-order chi connectivity index (χ0) is 26.1. The number of carbonyl (C=O) groups is 1. The molecular formula is C27H39FN6OS. The Morgan fingerprint density at radius 3 is 2.28 bits per heavy atom. The molecule has 1 aliphatic carbocycles. The van der Waals surface area contributed by atoms with Crippen molar-refractivity contribution in [3.05, 3.63) is 41.0 Å². The Labute approximate surface area is 218 Å². The molecule has 0 spiro atoms. The second-order valence-corrected chi connectivity index (χ2v) is 10.8. The van der Waals surface area contributed by atoms with Crippen LogP contribution in [0.2, 0.25) is 0 Å². The van der Waals surface area contributed by atoms with Crippen LogP contribution in [0, 0.1) is 6.92 Å². The predicted octanol–water partition coefficient (Wildman–Crippen LogP) is 5.44. The van der Waals surface area contributed by atoms with Gasteiger partial charge in [-0.2, -0.15) is 0 Å². The molecule has 2 aliphatic rings. The number of alkyl halides is 1. The number of nitrogens with zero attached hydrogens (tertiary/aromatic N) is 5. The van der Waals surface area contributed by atoms with E-state index in [9.17, 15) is 9.18 Å². The largest absolute Gasteiger partial charge is 0.368 e. The summed E-state index contributed by atoms with van der Waals surface area (Å²) in [7, 11) is 6.06. The number of piperazine rings is 1. The maximum absolute atomic E-state index is 9.50. The summed E-state index contributed by atoms with van der Waals surface area (Å²) in [4.78, 5) is 26.4. The number of anilines is 3. The van der Waals surface area contributed by atoms with Crippen LogP contribution < -0.4 is 10.2 Å². The third kappa shape index (κ3) is 7.13. The first-order valence-electron chi connectivity index (χ1n) is 12.5. The predicted molar refractivity (Wildman–Crippen MR) is 150 cm³/mol. The van der Waals surface area contributed by atoms with Gasteiger partial charge in [0.2, 0.25) is 6.41 Å². The molecule has 36 heavy (non-hydrogen) atoms. The Morgan fingerprint density at radius 1 is 1.06 bits per heavy atom. The molecule has 0 radical (unpaired) electrons. The third-order valence-electron chi connectivity index (χ3n) is 6.65. The maximum atomic E-state index is 9.50. The Hall–Kier alpha value is -2.78. The fraction of sp³-hybridized carbons (Fsp3) is 0.519. The van der Waals surface area contributed by atoms with Crippen molar-refractivity contribution >= 4 is 45.2 Å². The molecule has 196 valence electrons. The molecule has 9 heteroatoms. The highest BCUT2D eigenvalue weighted by molar-refractivity contribution is 7.19. The molecule has 0 aromatic carbocycles. The number of rotatable bonds is 5. The molecule has 3 aromatic rings. The molecule has 2 fully saturated rings. The van der Waals surface area contributed by atoms with E-state index in [1.165, 1.54) is 51.2 Å². The Morgan fingerprint density at radius 2 is 1.69 bits per heavy atom. The van der Waals surface area contributed by atoms with Crippen LogP contribution in [0.15, 0.2) is 30.6 Å². The van der Waals surface area contributed by atoms with Crippen molar-refractivity contribution in [3.8, 4) is 0 Å². The number of pyridine rings is 2. The van der Waals surface area contributed by atoms with Gasteiger partial charge >= 0.3 is 0 Å². The van der Waals surface area contributed by atoms with Crippen molar-refractivity contribution in [1.29, 1.82) is 0 Å². The van der Waals surface area contributed by atoms with E-state index >= 15 is 0 Å². The fourth-order valence-corrected chi connectivity index (χ4v) is 5.88. The zero-order valence-electron chi connectivity index (χ0n) is 22.1. The fourth-order valence-electron chi connectivity index (χ4n) is 4.78. The number of likely N-dealkylation sites (N-methyl/N-ethyl adjacent to an activating group) is 1. The summed E-state index contributed by atoms with van der Waals surface area (Å²) in [5.74, 6) is 2.46. The van der Waals surface area contributed by atoms with Gasteiger partial charge in [0.1, 0.15) is 11.6 Å². The highest BCUT2D eigenvalue weighted by Crippen LogP contribution is 2.43. The van der Waals surface area contributed by atoms with Gasteiger partial charge in [-0.15, -0.1) is 11.3 Å². The monoisotopic (exact) mass is 514 g/mol. The standard InChI is InChI=1S/C23H29N5S.C3H7NO.CH3F/c1-16-23(17-5-3-4-6-17)19-13-22(25-15-20(19)29-16)26-21-8-7-18(14-24-21)28-11-9-27(2)10-12-28;1-4(2)3-5;1-2/h7-8,13-15,17H,3-6,9-12H2,1-2H3,(H,24,25,26);3H,1-2H3;1H3. The van der Waals surface area contributed by atoms with Gasteiger partial charge in [-0.3, -0.25) is 9.18 Å². The lowest BCUT2D eigenvalue weighted by molar-refractivity contribution is -0.115. The Bertz CT molecular complexity index is 1090. The minimum absolute atomic E-state index is 0.500. The molecule has 0 unspecified atom stereocenters. The van der Waals surface area contributed by atoms with Crippen molar-refractivity contribution in [2.45, 2.75) is 38.5 Å². The highest BCUT2D eigenvalue weighted by atomic mass is 32.1. The van der Waals surface area contributed by atoms with E-state index in [4.69, 9.17) is 0 Å². The van der Waals surface area contributed by atoms with Crippen LogP contribution in [0.3, 0.4) is 0 Å². The van der Waals surface area contributed by atoms with Crippen LogP contribution >= 0.6 is 11.3 Å². The number of aromatic nitrogens is 2. The first kappa shape index (κ1) is 27.8. The summed E-state index contributed by atoms with van der Waals surface area (Å²) in [5.41, 5.74) is 2.76. The smallest absolute Gasteiger partial charge is 0.209 e. The molecule has 3 aromatic heterocycles. The van der Waals surface area contributed by atoms with E-state index < -0.39 is 0 Å². The SMILES string of the molecule is CF.CN(C)C=O.Cc1sc2cnc(Nc3ccc(N4CCN(C)CC4)cn3)cc2c1C1CCCC1. The van der Waals surface area contributed by atoms with Crippen molar-refractivity contribution in [2.75, 3.05) is 64.7 Å². The molecule has 1 saturated carbocycles. The molecule has 1 saturated heterocycles. The van der Waals surface area contributed by atoms with Crippen LogP contribution in [0.1, 0.15) is 42.0 Å². The number of thiophene rings is 1. The first-order valence-corrected chi connectivity index (χ1v) is 13.3. The van der Waals surface area contributed by atoms with Crippen LogP contribution in [0.25, 0.3) is 10.1 Å². The second kappa shape index (κ2) is 13.5. The zero-order valence-corrected chi connectivity index (χ0v) is 22.9. The van der Waals surface area contributed by atoms with Gasteiger partial charge in [0, 0.05) is 56.7 Å². The molecule has 0 bridgehead atoms. The molecule has 1 amide bonds. The normalized spacial score (nSPS) is 16.1. The first-order chi connectivity index (χ1) is 17.4. The minimum atomic E-state index is 0.500.